The van der Waals surface area contributed by atoms with Gasteiger partial charge in [-0.1, -0.05) is 18.2 Å². The Balaban J connectivity index is 1.79. The summed E-state index contributed by atoms with van der Waals surface area (Å²) < 4.78 is 10.9. The van der Waals surface area contributed by atoms with Gasteiger partial charge in [0.05, 0.1) is 19.4 Å². The average molecular weight is 286 g/mol. The number of nitrogen functional groups attached to an aromatic ring is 1. The molecule has 0 aliphatic carbocycles. The third-order valence-corrected chi connectivity index (χ3v) is 3.31. The lowest BCUT2D eigenvalue weighted by Crippen LogP contribution is -2.20. The maximum absolute atomic E-state index is 5.84. The van der Waals surface area contributed by atoms with E-state index in [-0.39, 0.29) is 0 Å². The van der Waals surface area contributed by atoms with E-state index in [0.717, 1.165) is 30.2 Å². The summed E-state index contributed by atoms with van der Waals surface area (Å²) in [5, 5.41) is 0. The van der Waals surface area contributed by atoms with Crippen LogP contribution in [-0.4, -0.2) is 27.3 Å². The highest BCUT2D eigenvalue weighted by atomic mass is 16.5. The second-order valence-electron chi connectivity index (χ2n) is 4.86. The molecule has 0 saturated heterocycles. The van der Waals surface area contributed by atoms with Crippen LogP contribution in [0.15, 0.2) is 48.5 Å². The number of methoxy groups -OCH3 is 1. The molecule has 0 aromatic heterocycles. The van der Waals surface area contributed by atoms with Crippen molar-refractivity contribution < 1.29 is 9.47 Å². The Morgan fingerprint density at radius 1 is 1.10 bits per heavy atom. The number of nitrogens with zero attached hydrogens (tertiary/aromatic N) is 1. The number of hydrogen-bond donors (Lipinski definition) is 1. The van der Waals surface area contributed by atoms with Gasteiger partial charge in [0.1, 0.15) is 11.5 Å². The maximum atomic E-state index is 5.84. The number of rotatable bonds is 7. The summed E-state index contributed by atoms with van der Waals surface area (Å²) >= 11 is 0. The number of anilines is 2. The minimum atomic E-state index is 0.641. The van der Waals surface area contributed by atoms with E-state index in [1.165, 1.54) is 0 Å². The normalized spacial score (nSPS) is 10.2. The molecule has 0 spiro atoms. The molecule has 0 heterocycles. The van der Waals surface area contributed by atoms with Crippen LogP contribution in [0.4, 0.5) is 11.4 Å². The van der Waals surface area contributed by atoms with Crippen LogP contribution < -0.4 is 20.1 Å². The van der Waals surface area contributed by atoms with Gasteiger partial charge >= 0.3 is 0 Å². The van der Waals surface area contributed by atoms with Gasteiger partial charge in [-0.15, -0.1) is 0 Å². The smallest absolute Gasteiger partial charge is 0.142 e. The molecule has 0 bridgehead atoms. The Morgan fingerprint density at radius 3 is 2.67 bits per heavy atom. The Morgan fingerprint density at radius 2 is 1.90 bits per heavy atom. The molecule has 0 saturated carbocycles. The first-order chi connectivity index (χ1) is 10.2. The highest BCUT2D eigenvalue weighted by Gasteiger charge is 2.03. The molecule has 0 unspecified atom stereocenters. The predicted molar refractivity (Wildman–Crippen MR) is 87.2 cm³/mol. The van der Waals surface area contributed by atoms with Crippen LogP contribution in [0.1, 0.15) is 6.42 Å². The van der Waals surface area contributed by atoms with Crippen molar-refractivity contribution in [3.63, 3.8) is 0 Å². The molecule has 0 radical (unpaired) electrons. The van der Waals surface area contributed by atoms with Crippen molar-refractivity contribution in [1.29, 1.82) is 0 Å². The molecule has 2 N–H and O–H groups in total. The quantitative estimate of drug-likeness (QED) is 0.627. The Kier molecular flexibility index (Phi) is 5.32. The van der Waals surface area contributed by atoms with Crippen molar-refractivity contribution in [3.05, 3.63) is 48.5 Å². The molecule has 0 fully saturated rings. The lowest BCUT2D eigenvalue weighted by atomic mass is 10.2. The summed E-state index contributed by atoms with van der Waals surface area (Å²) in [6.45, 7) is 1.54. The summed E-state index contributed by atoms with van der Waals surface area (Å²) in [5.74, 6) is 1.62. The highest BCUT2D eigenvalue weighted by molar-refractivity contribution is 5.52. The molecular weight excluding hydrogens is 264 g/mol. The molecular formula is C17H22N2O2. The number of hydrogen-bond acceptors (Lipinski definition) is 4. The molecule has 0 atom stereocenters. The summed E-state index contributed by atoms with van der Waals surface area (Å²) in [5.41, 5.74) is 7.65. The second kappa shape index (κ2) is 7.43. The standard InChI is InChI=1S/C17H22N2O2/c1-19(14-7-5-8-15(13-14)20-2)11-6-12-21-17-10-4-3-9-16(17)18/h3-5,7-10,13H,6,11-12,18H2,1-2H3. The van der Waals surface area contributed by atoms with Gasteiger partial charge in [-0.2, -0.15) is 0 Å². The number of ether oxygens (including phenoxy) is 2. The van der Waals surface area contributed by atoms with Gasteiger partial charge < -0.3 is 20.1 Å². The van der Waals surface area contributed by atoms with Gasteiger partial charge in [-0.25, -0.2) is 0 Å². The van der Waals surface area contributed by atoms with Crippen LogP contribution in [0.2, 0.25) is 0 Å². The van der Waals surface area contributed by atoms with E-state index in [0.29, 0.717) is 12.3 Å². The van der Waals surface area contributed by atoms with Crippen molar-refractivity contribution in [2.24, 2.45) is 0 Å². The third kappa shape index (κ3) is 4.31. The third-order valence-electron chi connectivity index (χ3n) is 3.31. The summed E-state index contributed by atoms with van der Waals surface area (Å²) in [7, 11) is 3.74. The van der Waals surface area contributed by atoms with E-state index >= 15 is 0 Å². The Bertz CT molecular complexity index is 572. The Hall–Kier alpha value is -2.36. The molecule has 4 nitrogen and oxygen atoms in total. The number of nitrogens with two attached hydrogens (primary N) is 1. The molecule has 2 aromatic rings. The fraction of sp³-hybridized carbons (Fsp3) is 0.294. The van der Waals surface area contributed by atoms with Gasteiger partial charge in [-0.3, -0.25) is 0 Å². The molecule has 0 aliphatic heterocycles. The molecule has 0 aliphatic rings. The molecule has 4 heteroatoms. The first kappa shape index (κ1) is 15.0. The van der Waals surface area contributed by atoms with E-state index in [4.69, 9.17) is 15.2 Å². The van der Waals surface area contributed by atoms with Gasteiger partial charge in [0.25, 0.3) is 0 Å². The number of para-hydroxylation sites is 2. The summed E-state index contributed by atoms with van der Waals surface area (Å²) in [6, 6.07) is 15.6. The molecule has 112 valence electrons. The van der Waals surface area contributed by atoms with Gasteiger partial charge in [0.2, 0.25) is 0 Å². The van der Waals surface area contributed by atoms with Crippen LogP contribution in [0.5, 0.6) is 11.5 Å². The van der Waals surface area contributed by atoms with E-state index in [9.17, 15) is 0 Å². The van der Waals surface area contributed by atoms with Crippen LogP contribution in [0.3, 0.4) is 0 Å². The SMILES string of the molecule is COc1cccc(N(C)CCCOc2ccccc2N)c1. The van der Waals surface area contributed by atoms with Crippen LogP contribution in [0.25, 0.3) is 0 Å². The zero-order chi connectivity index (χ0) is 15.1. The fourth-order valence-electron chi connectivity index (χ4n) is 2.07. The van der Waals surface area contributed by atoms with E-state index in [1.54, 1.807) is 7.11 Å². The van der Waals surface area contributed by atoms with Crippen LogP contribution in [-0.2, 0) is 0 Å². The predicted octanol–water partition coefficient (Wildman–Crippen LogP) is 3.18. The molecule has 2 aromatic carbocycles. The van der Waals surface area contributed by atoms with Gasteiger partial charge in [-0.05, 0) is 30.7 Å². The minimum Gasteiger partial charge on any atom is -0.497 e. The second-order valence-corrected chi connectivity index (χ2v) is 4.86. The zero-order valence-corrected chi connectivity index (χ0v) is 12.6. The topological polar surface area (TPSA) is 47.7 Å². The fourth-order valence-corrected chi connectivity index (χ4v) is 2.07. The number of benzene rings is 2. The average Bonchev–Trinajstić information content (AvgIpc) is 2.53. The molecule has 2 rings (SSSR count). The van der Waals surface area contributed by atoms with Crippen LogP contribution in [0, 0.1) is 0 Å². The van der Waals surface area contributed by atoms with Crippen molar-refractivity contribution >= 4 is 11.4 Å². The van der Waals surface area contributed by atoms with Crippen molar-refractivity contribution in [3.8, 4) is 11.5 Å². The van der Waals surface area contributed by atoms with Crippen molar-refractivity contribution in [1.82, 2.24) is 0 Å². The van der Waals surface area contributed by atoms with Crippen molar-refractivity contribution in [2.45, 2.75) is 6.42 Å². The van der Waals surface area contributed by atoms with E-state index in [2.05, 4.69) is 18.0 Å². The minimum absolute atomic E-state index is 0.641. The largest absolute Gasteiger partial charge is 0.497 e. The first-order valence-electron chi connectivity index (χ1n) is 7.03. The Labute approximate surface area is 126 Å². The van der Waals surface area contributed by atoms with Gasteiger partial charge in [0, 0.05) is 25.3 Å². The zero-order valence-electron chi connectivity index (χ0n) is 12.6. The van der Waals surface area contributed by atoms with E-state index in [1.807, 2.05) is 42.5 Å². The monoisotopic (exact) mass is 286 g/mol. The molecule has 21 heavy (non-hydrogen) atoms. The lowest BCUT2D eigenvalue weighted by molar-refractivity contribution is 0.314. The van der Waals surface area contributed by atoms with E-state index < -0.39 is 0 Å². The first-order valence-corrected chi connectivity index (χ1v) is 7.03. The maximum Gasteiger partial charge on any atom is 0.142 e. The summed E-state index contributed by atoms with van der Waals surface area (Å²) in [4.78, 5) is 2.18. The van der Waals surface area contributed by atoms with Gasteiger partial charge in [0.15, 0.2) is 0 Å². The molecule has 0 amide bonds. The summed E-state index contributed by atoms with van der Waals surface area (Å²) in [6.07, 6.45) is 0.919. The van der Waals surface area contributed by atoms with Crippen LogP contribution >= 0.6 is 0 Å². The highest BCUT2D eigenvalue weighted by Crippen LogP contribution is 2.21. The van der Waals surface area contributed by atoms with Crippen molar-refractivity contribution in [2.75, 3.05) is 37.9 Å². The lowest BCUT2D eigenvalue weighted by Gasteiger charge is -2.20.